The number of aryl methyl sites for hydroxylation is 1. The average Bonchev–Trinajstić information content (AvgIpc) is 2.91. The van der Waals surface area contributed by atoms with Crippen molar-refractivity contribution >= 4 is 23.2 Å². The number of rotatable bonds is 4. The third kappa shape index (κ3) is 3.12. The summed E-state index contributed by atoms with van der Waals surface area (Å²) in [6, 6.07) is 7.33. The molecule has 24 heavy (non-hydrogen) atoms. The number of benzene rings is 1. The summed E-state index contributed by atoms with van der Waals surface area (Å²) in [5.41, 5.74) is 2.52. The van der Waals surface area contributed by atoms with Gasteiger partial charge in [0, 0.05) is 25.3 Å². The topological polar surface area (TPSA) is 61.5 Å². The van der Waals surface area contributed by atoms with Gasteiger partial charge in [0.1, 0.15) is 5.75 Å². The van der Waals surface area contributed by atoms with Gasteiger partial charge in [0.2, 0.25) is 5.91 Å². The van der Waals surface area contributed by atoms with Crippen LogP contribution in [0.15, 0.2) is 24.3 Å². The molecule has 1 fully saturated rings. The number of hydrogen-bond acceptors (Lipinski definition) is 4. The van der Waals surface area contributed by atoms with Gasteiger partial charge in [-0.15, -0.1) is 0 Å². The highest BCUT2D eigenvalue weighted by atomic mass is 35.5. The van der Waals surface area contributed by atoms with Crippen LogP contribution in [0.25, 0.3) is 0 Å². The Bertz CT molecular complexity index is 729. The van der Waals surface area contributed by atoms with Gasteiger partial charge in [-0.1, -0.05) is 11.6 Å². The van der Waals surface area contributed by atoms with Crippen LogP contribution >= 0.6 is 11.6 Å². The van der Waals surface area contributed by atoms with Crippen molar-refractivity contribution in [1.29, 1.82) is 0 Å². The number of nitrogens with zero attached hydrogens (tertiary/aromatic N) is 3. The maximum absolute atomic E-state index is 12.8. The van der Waals surface area contributed by atoms with Crippen LogP contribution in [-0.2, 0) is 11.3 Å². The Morgan fingerprint density at radius 1 is 1.33 bits per heavy atom. The first-order chi connectivity index (χ1) is 11.5. The predicted octanol–water partition coefficient (Wildman–Crippen LogP) is 2.62. The summed E-state index contributed by atoms with van der Waals surface area (Å²) >= 11 is 6.24. The minimum atomic E-state index is -0.228. The maximum atomic E-state index is 12.8. The zero-order valence-electron chi connectivity index (χ0n) is 14.0. The first-order valence-electron chi connectivity index (χ1n) is 7.90. The number of hydrogen-bond donors (Lipinski definition) is 1. The van der Waals surface area contributed by atoms with Crippen LogP contribution in [0.2, 0.25) is 5.02 Å². The molecule has 0 spiro atoms. The number of anilines is 1. The lowest BCUT2D eigenvalue weighted by Gasteiger charge is -2.38. The molecule has 1 saturated heterocycles. The van der Waals surface area contributed by atoms with Gasteiger partial charge < -0.3 is 9.64 Å². The van der Waals surface area contributed by atoms with E-state index in [4.69, 9.17) is 16.3 Å². The lowest BCUT2D eigenvalue weighted by Crippen LogP contribution is -2.55. The highest BCUT2D eigenvalue weighted by molar-refractivity contribution is 6.31. The summed E-state index contributed by atoms with van der Waals surface area (Å²) < 4.78 is 5.17. The van der Waals surface area contributed by atoms with E-state index in [1.165, 1.54) is 0 Å². The number of aromatic amines is 1. The van der Waals surface area contributed by atoms with Crippen molar-refractivity contribution in [1.82, 2.24) is 15.1 Å². The number of aromatic nitrogens is 2. The van der Waals surface area contributed by atoms with Crippen molar-refractivity contribution in [3.8, 4) is 5.75 Å². The van der Waals surface area contributed by atoms with Gasteiger partial charge in [-0.3, -0.25) is 14.8 Å². The summed E-state index contributed by atoms with van der Waals surface area (Å²) in [6.07, 6.45) is 0. The van der Waals surface area contributed by atoms with Gasteiger partial charge in [-0.2, -0.15) is 5.10 Å². The molecule has 7 heteroatoms. The molecule has 2 heterocycles. The second-order valence-corrected chi connectivity index (χ2v) is 6.32. The minimum Gasteiger partial charge on any atom is -0.497 e. The van der Waals surface area contributed by atoms with Crippen LogP contribution in [0.4, 0.5) is 5.69 Å². The molecule has 0 bridgehead atoms. The standard InChI is InChI=1S/C17H21ClN4O2/c1-11-16(18)15(20-19-11)10-21-8-9-22(17(23)12(21)2)13-4-6-14(24-3)7-5-13/h4-7,12H,8-10H2,1-3H3,(H,19,20)/t12-/m1/s1. The van der Waals surface area contributed by atoms with Crippen molar-refractivity contribution in [3.63, 3.8) is 0 Å². The SMILES string of the molecule is COc1ccc(N2CCN(Cc3n[nH]c(C)c3Cl)[C@H](C)C2=O)cc1. The molecular weight excluding hydrogens is 328 g/mol. The third-order valence-corrected chi connectivity index (χ3v) is 4.96. The molecule has 3 rings (SSSR count). The monoisotopic (exact) mass is 348 g/mol. The van der Waals surface area contributed by atoms with Gasteiger partial charge in [-0.25, -0.2) is 0 Å². The number of piperazine rings is 1. The van der Waals surface area contributed by atoms with Crippen molar-refractivity contribution in [2.45, 2.75) is 26.4 Å². The molecule has 1 aromatic heterocycles. The van der Waals surface area contributed by atoms with Gasteiger partial charge in [0.25, 0.3) is 0 Å². The van der Waals surface area contributed by atoms with Crippen LogP contribution in [0.1, 0.15) is 18.3 Å². The van der Waals surface area contributed by atoms with Crippen LogP contribution in [0.3, 0.4) is 0 Å². The Morgan fingerprint density at radius 2 is 2.04 bits per heavy atom. The van der Waals surface area contributed by atoms with Crippen LogP contribution < -0.4 is 9.64 Å². The highest BCUT2D eigenvalue weighted by Gasteiger charge is 2.33. The number of nitrogens with one attached hydrogen (secondary N) is 1. The molecule has 6 nitrogen and oxygen atoms in total. The third-order valence-electron chi connectivity index (χ3n) is 4.46. The summed E-state index contributed by atoms with van der Waals surface area (Å²) in [5, 5.41) is 7.76. The van der Waals surface area contributed by atoms with E-state index < -0.39 is 0 Å². The molecule has 0 saturated carbocycles. The van der Waals surface area contributed by atoms with Gasteiger partial charge in [0.15, 0.2) is 0 Å². The van der Waals surface area contributed by atoms with Gasteiger partial charge in [0.05, 0.1) is 29.6 Å². The number of amides is 1. The number of halogens is 1. The number of methoxy groups -OCH3 is 1. The first-order valence-corrected chi connectivity index (χ1v) is 8.28. The van der Waals surface area contributed by atoms with E-state index in [1.807, 2.05) is 43.0 Å². The minimum absolute atomic E-state index is 0.0785. The number of ether oxygens (including phenoxy) is 1. The molecule has 0 unspecified atom stereocenters. The number of H-pyrrole nitrogens is 1. The van der Waals surface area contributed by atoms with Crippen molar-refractivity contribution in [2.24, 2.45) is 0 Å². The predicted molar refractivity (Wildman–Crippen MR) is 93.6 cm³/mol. The van der Waals surface area contributed by atoms with Crippen LogP contribution in [0.5, 0.6) is 5.75 Å². The largest absolute Gasteiger partial charge is 0.497 e. The van der Waals surface area contributed by atoms with Gasteiger partial charge >= 0.3 is 0 Å². The molecule has 1 aromatic carbocycles. The number of carbonyl (C=O) groups excluding carboxylic acids is 1. The molecule has 1 amide bonds. The molecule has 1 aliphatic heterocycles. The van der Waals surface area contributed by atoms with Crippen molar-refractivity contribution in [2.75, 3.05) is 25.1 Å². The van der Waals surface area contributed by atoms with Crippen LogP contribution in [-0.4, -0.2) is 47.2 Å². The molecular formula is C17H21ClN4O2. The van der Waals surface area contributed by atoms with Crippen LogP contribution in [0, 0.1) is 6.92 Å². The first kappa shape index (κ1) is 16.8. The van der Waals surface area contributed by atoms with E-state index in [-0.39, 0.29) is 11.9 Å². The fourth-order valence-corrected chi connectivity index (χ4v) is 3.06. The fraction of sp³-hybridized carbons (Fsp3) is 0.412. The molecule has 1 atom stereocenters. The lowest BCUT2D eigenvalue weighted by atomic mass is 10.1. The molecule has 128 valence electrons. The quantitative estimate of drug-likeness (QED) is 0.922. The van der Waals surface area contributed by atoms with E-state index in [0.717, 1.165) is 29.4 Å². The molecule has 2 aromatic rings. The van der Waals surface area contributed by atoms with Gasteiger partial charge in [-0.05, 0) is 38.1 Å². The zero-order chi connectivity index (χ0) is 17.3. The normalized spacial score (nSPS) is 18.9. The summed E-state index contributed by atoms with van der Waals surface area (Å²) in [6.45, 7) is 5.77. The number of carbonyl (C=O) groups is 1. The Kier molecular flexibility index (Phi) is 4.78. The maximum Gasteiger partial charge on any atom is 0.244 e. The molecule has 0 radical (unpaired) electrons. The molecule has 1 N–H and O–H groups in total. The smallest absolute Gasteiger partial charge is 0.244 e. The van der Waals surface area contributed by atoms with Crippen molar-refractivity contribution < 1.29 is 9.53 Å². The molecule has 0 aliphatic carbocycles. The Balaban J connectivity index is 1.72. The summed E-state index contributed by atoms with van der Waals surface area (Å²) in [5.74, 6) is 0.858. The summed E-state index contributed by atoms with van der Waals surface area (Å²) in [4.78, 5) is 16.7. The Hall–Kier alpha value is -2.05. The zero-order valence-corrected chi connectivity index (χ0v) is 14.8. The van der Waals surface area contributed by atoms with E-state index >= 15 is 0 Å². The van der Waals surface area contributed by atoms with E-state index in [0.29, 0.717) is 18.1 Å². The highest BCUT2D eigenvalue weighted by Crippen LogP contribution is 2.25. The van der Waals surface area contributed by atoms with Crippen molar-refractivity contribution in [3.05, 3.63) is 40.7 Å². The Labute approximate surface area is 146 Å². The van der Waals surface area contributed by atoms with E-state index in [1.54, 1.807) is 7.11 Å². The second kappa shape index (κ2) is 6.83. The van der Waals surface area contributed by atoms with E-state index in [9.17, 15) is 4.79 Å². The van der Waals surface area contributed by atoms with E-state index in [2.05, 4.69) is 15.1 Å². The Morgan fingerprint density at radius 3 is 2.62 bits per heavy atom. The lowest BCUT2D eigenvalue weighted by molar-refractivity contribution is -0.125. The average molecular weight is 349 g/mol. The summed E-state index contributed by atoms with van der Waals surface area (Å²) in [7, 11) is 1.63. The fourth-order valence-electron chi connectivity index (χ4n) is 2.91. The second-order valence-electron chi connectivity index (χ2n) is 5.94. The molecule has 1 aliphatic rings.